The van der Waals surface area contributed by atoms with Crippen LogP contribution in [0.4, 0.5) is 30.6 Å². The van der Waals surface area contributed by atoms with E-state index in [4.69, 9.17) is 0 Å². The van der Waals surface area contributed by atoms with E-state index in [1.807, 2.05) is 26.0 Å². The third-order valence-electron chi connectivity index (χ3n) is 4.17. The normalized spacial score (nSPS) is 12.5. The van der Waals surface area contributed by atoms with E-state index in [9.17, 15) is 13.2 Å². The van der Waals surface area contributed by atoms with Gasteiger partial charge in [-0.2, -0.15) is 18.2 Å². The first-order valence-electron chi connectivity index (χ1n) is 8.85. The molecule has 0 unspecified atom stereocenters. The molecule has 0 radical (unpaired) electrons. The average Bonchev–Trinajstić information content (AvgIpc) is 2.68. The minimum atomic E-state index is -4.37. The molecule has 0 aliphatic carbocycles. The number of hydrogen-bond donors (Lipinski definition) is 2. The molecule has 5 nitrogen and oxygen atoms in total. The fourth-order valence-corrected chi connectivity index (χ4v) is 2.46. The molecule has 0 fully saturated rings. The Bertz CT molecular complexity index is 911. The number of pyridine rings is 1. The summed E-state index contributed by atoms with van der Waals surface area (Å²) in [5.74, 6) is 0.922. The van der Waals surface area contributed by atoms with Crippen molar-refractivity contribution in [2.45, 2.75) is 32.5 Å². The minimum absolute atomic E-state index is 0.173. The van der Waals surface area contributed by atoms with Gasteiger partial charge in [-0.05, 0) is 49.7 Å². The van der Waals surface area contributed by atoms with Crippen LogP contribution in [0.1, 0.15) is 25.8 Å². The van der Waals surface area contributed by atoms with Gasteiger partial charge in [0, 0.05) is 35.8 Å². The molecule has 0 saturated carbocycles. The second kappa shape index (κ2) is 8.24. The summed E-state index contributed by atoms with van der Waals surface area (Å²) in [5.41, 5.74) is 1.34. The summed E-state index contributed by atoms with van der Waals surface area (Å²) in [4.78, 5) is 13.0. The van der Waals surface area contributed by atoms with Crippen LogP contribution < -0.4 is 10.6 Å². The highest BCUT2D eigenvalue weighted by Crippen LogP contribution is 2.30. The van der Waals surface area contributed by atoms with Crippen LogP contribution in [0.2, 0.25) is 0 Å². The Kier molecular flexibility index (Phi) is 5.77. The first-order valence-corrected chi connectivity index (χ1v) is 8.85. The molecule has 1 aromatic carbocycles. The first kappa shape index (κ1) is 19.6. The van der Waals surface area contributed by atoms with Gasteiger partial charge in [-0.1, -0.05) is 6.92 Å². The molecule has 1 atom stereocenters. The van der Waals surface area contributed by atoms with Gasteiger partial charge in [-0.15, -0.1) is 0 Å². The molecule has 8 heteroatoms. The zero-order chi connectivity index (χ0) is 20.1. The number of nitrogens with zero attached hydrogens (tertiary/aromatic N) is 3. The van der Waals surface area contributed by atoms with Gasteiger partial charge in [0.2, 0.25) is 5.95 Å². The van der Waals surface area contributed by atoms with Crippen LogP contribution in [-0.4, -0.2) is 21.0 Å². The van der Waals surface area contributed by atoms with Crippen LogP contribution in [0.25, 0.3) is 11.3 Å². The maximum Gasteiger partial charge on any atom is 0.416 e. The Labute approximate surface area is 161 Å². The lowest BCUT2D eigenvalue weighted by Crippen LogP contribution is -2.16. The Balaban J connectivity index is 1.91. The fraction of sp³-hybridized carbons (Fsp3) is 0.250. The second-order valence-corrected chi connectivity index (χ2v) is 6.35. The Morgan fingerprint density at radius 1 is 1.00 bits per heavy atom. The van der Waals surface area contributed by atoms with E-state index in [1.54, 1.807) is 18.5 Å². The molecule has 0 bridgehead atoms. The molecule has 0 spiro atoms. The third-order valence-corrected chi connectivity index (χ3v) is 4.17. The molecule has 0 amide bonds. The molecular weight excluding hydrogens is 367 g/mol. The highest BCUT2D eigenvalue weighted by Gasteiger charge is 2.29. The van der Waals surface area contributed by atoms with Crippen molar-refractivity contribution in [2.24, 2.45) is 0 Å². The number of alkyl halides is 3. The molecular formula is C20H20F3N5. The zero-order valence-electron chi connectivity index (χ0n) is 15.5. The van der Waals surface area contributed by atoms with E-state index >= 15 is 0 Å². The SMILES string of the molecule is CC[C@@H](C)Nc1nc(Nc2ccc(C(F)(F)F)cc2)cc(-c2ccncc2)n1. The van der Waals surface area contributed by atoms with E-state index < -0.39 is 11.7 Å². The van der Waals surface area contributed by atoms with Crippen molar-refractivity contribution < 1.29 is 13.2 Å². The third kappa shape index (κ3) is 4.97. The summed E-state index contributed by atoms with van der Waals surface area (Å²) < 4.78 is 38.2. The van der Waals surface area contributed by atoms with E-state index in [0.717, 1.165) is 24.1 Å². The van der Waals surface area contributed by atoms with Gasteiger partial charge in [-0.25, -0.2) is 4.98 Å². The zero-order valence-corrected chi connectivity index (χ0v) is 15.5. The largest absolute Gasteiger partial charge is 0.416 e. The monoisotopic (exact) mass is 387 g/mol. The summed E-state index contributed by atoms with van der Waals surface area (Å²) in [5, 5.41) is 6.28. The van der Waals surface area contributed by atoms with Gasteiger partial charge >= 0.3 is 6.18 Å². The molecule has 2 aromatic heterocycles. The standard InChI is InChI=1S/C20H20F3N5/c1-3-13(2)25-19-27-17(14-8-10-24-11-9-14)12-18(28-19)26-16-6-4-15(5-7-16)20(21,22)23/h4-13H,3H2,1-2H3,(H2,25,26,27,28)/t13-/m1/s1. The van der Waals surface area contributed by atoms with Crippen LogP contribution in [0, 0.1) is 0 Å². The number of benzene rings is 1. The molecule has 2 N–H and O–H groups in total. The lowest BCUT2D eigenvalue weighted by atomic mass is 10.2. The molecule has 28 heavy (non-hydrogen) atoms. The predicted octanol–water partition coefficient (Wildman–Crippen LogP) is 5.51. The quantitative estimate of drug-likeness (QED) is 0.584. The molecule has 0 aliphatic rings. The predicted molar refractivity (Wildman–Crippen MR) is 103 cm³/mol. The van der Waals surface area contributed by atoms with E-state index in [2.05, 4.69) is 25.6 Å². The highest BCUT2D eigenvalue weighted by atomic mass is 19.4. The summed E-state index contributed by atoms with van der Waals surface area (Å²) >= 11 is 0. The number of rotatable bonds is 6. The van der Waals surface area contributed by atoms with Gasteiger partial charge in [0.1, 0.15) is 5.82 Å². The molecule has 146 valence electrons. The fourth-order valence-electron chi connectivity index (χ4n) is 2.46. The number of anilines is 3. The topological polar surface area (TPSA) is 62.7 Å². The van der Waals surface area contributed by atoms with E-state index in [0.29, 0.717) is 23.1 Å². The Hall–Kier alpha value is -3.16. The summed E-state index contributed by atoms with van der Waals surface area (Å²) in [6.07, 6.45) is -0.135. The number of halogens is 3. The van der Waals surface area contributed by atoms with E-state index in [-0.39, 0.29) is 6.04 Å². The van der Waals surface area contributed by atoms with Gasteiger partial charge < -0.3 is 10.6 Å². The van der Waals surface area contributed by atoms with Crippen LogP contribution in [0.15, 0.2) is 54.9 Å². The number of aromatic nitrogens is 3. The maximum absolute atomic E-state index is 12.7. The smallest absolute Gasteiger partial charge is 0.352 e. The van der Waals surface area contributed by atoms with Crippen molar-refractivity contribution in [1.82, 2.24) is 15.0 Å². The van der Waals surface area contributed by atoms with Gasteiger partial charge in [0.05, 0.1) is 11.3 Å². The lowest BCUT2D eigenvalue weighted by Gasteiger charge is -2.15. The Morgan fingerprint density at radius 2 is 1.68 bits per heavy atom. The van der Waals surface area contributed by atoms with Crippen LogP contribution in [0.3, 0.4) is 0 Å². The minimum Gasteiger partial charge on any atom is -0.352 e. The summed E-state index contributed by atoms with van der Waals surface area (Å²) in [6, 6.07) is 10.4. The first-order chi connectivity index (χ1) is 13.3. The summed E-state index contributed by atoms with van der Waals surface area (Å²) in [6.45, 7) is 4.07. The van der Waals surface area contributed by atoms with Crippen LogP contribution in [0.5, 0.6) is 0 Å². The van der Waals surface area contributed by atoms with Crippen molar-refractivity contribution in [3.8, 4) is 11.3 Å². The summed E-state index contributed by atoms with van der Waals surface area (Å²) in [7, 11) is 0. The molecule has 3 aromatic rings. The number of hydrogen-bond acceptors (Lipinski definition) is 5. The van der Waals surface area contributed by atoms with Crippen LogP contribution in [-0.2, 0) is 6.18 Å². The molecule has 0 saturated heterocycles. The van der Waals surface area contributed by atoms with Crippen molar-refractivity contribution in [3.63, 3.8) is 0 Å². The van der Waals surface area contributed by atoms with Crippen LogP contribution >= 0.6 is 0 Å². The van der Waals surface area contributed by atoms with Gasteiger partial charge in [-0.3, -0.25) is 4.98 Å². The van der Waals surface area contributed by atoms with Gasteiger partial charge in [0.15, 0.2) is 0 Å². The Morgan fingerprint density at radius 3 is 2.29 bits per heavy atom. The number of nitrogens with one attached hydrogen (secondary N) is 2. The molecule has 2 heterocycles. The second-order valence-electron chi connectivity index (χ2n) is 6.35. The maximum atomic E-state index is 12.7. The van der Waals surface area contributed by atoms with E-state index in [1.165, 1.54) is 12.1 Å². The van der Waals surface area contributed by atoms with Crippen molar-refractivity contribution >= 4 is 17.5 Å². The van der Waals surface area contributed by atoms with Gasteiger partial charge in [0.25, 0.3) is 0 Å². The van der Waals surface area contributed by atoms with Crippen molar-refractivity contribution in [1.29, 1.82) is 0 Å². The molecule has 3 rings (SSSR count). The lowest BCUT2D eigenvalue weighted by molar-refractivity contribution is -0.137. The average molecular weight is 387 g/mol. The van der Waals surface area contributed by atoms with Crippen molar-refractivity contribution in [2.75, 3.05) is 10.6 Å². The highest BCUT2D eigenvalue weighted by molar-refractivity contribution is 5.67. The molecule has 0 aliphatic heterocycles. The van der Waals surface area contributed by atoms with Crippen molar-refractivity contribution in [3.05, 3.63) is 60.4 Å².